The summed E-state index contributed by atoms with van der Waals surface area (Å²) in [4.78, 5) is 24.7. The van der Waals surface area contributed by atoms with Crippen molar-refractivity contribution in [3.05, 3.63) is 22.8 Å². The minimum absolute atomic E-state index is 0.124. The Labute approximate surface area is 122 Å². The highest BCUT2D eigenvalue weighted by atomic mass is 16.2. The lowest BCUT2D eigenvalue weighted by atomic mass is 9.73. The molecule has 0 aromatic carbocycles. The van der Waals surface area contributed by atoms with Crippen LogP contribution >= 0.6 is 0 Å². The van der Waals surface area contributed by atoms with Gasteiger partial charge in [-0.15, -0.1) is 0 Å². The third-order valence-corrected chi connectivity index (χ3v) is 4.58. The Bertz CT molecular complexity index is 472. The number of Topliss-reactive ketones (excluding diaryl/α,β-unsaturated/α-hetero) is 2. The van der Waals surface area contributed by atoms with Gasteiger partial charge in [0.2, 0.25) is 11.6 Å². The van der Waals surface area contributed by atoms with Crippen LogP contribution in [0.1, 0.15) is 59.8 Å². The number of carbonyl (C=O) groups is 2. The second-order valence-electron chi connectivity index (χ2n) is 6.77. The first-order valence-corrected chi connectivity index (χ1v) is 7.98. The van der Waals surface area contributed by atoms with Gasteiger partial charge in [-0.2, -0.15) is 0 Å². The van der Waals surface area contributed by atoms with Gasteiger partial charge < -0.3 is 0 Å². The lowest BCUT2D eigenvalue weighted by Gasteiger charge is -2.30. The molecule has 0 aliphatic heterocycles. The fourth-order valence-corrected chi connectivity index (χ4v) is 3.47. The summed E-state index contributed by atoms with van der Waals surface area (Å²) in [7, 11) is 0. The summed E-state index contributed by atoms with van der Waals surface area (Å²) in [6, 6.07) is 0. The van der Waals surface area contributed by atoms with Crippen LogP contribution in [0.15, 0.2) is 22.8 Å². The maximum Gasteiger partial charge on any atom is 0.229 e. The fourth-order valence-electron chi connectivity index (χ4n) is 3.47. The predicted molar refractivity (Wildman–Crippen MR) is 81.4 cm³/mol. The summed E-state index contributed by atoms with van der Waals surface area (Å²) in [5, 5.41) is 0. The van der Waals surface area contributed by atoms with Crippen LogP contribution < -0.4 is 0 Å². The molecule has 20 heavy (non-hydrogen) atoms. The van der Waals surface area contributed by atoms with Crippen molar-refractivity contribution in [1.29, 1.82) is 0 Å². The molecule has 2 aliphatic carbocycles. The average molecular weight is 274 g/mol. The second kappa shape index (κ2) is 6.07. The molecule has 0 unspecified atom stereocenters. The summed E-state index contributed by atoms with van der Waals surface area (Å²) < 4.78 is 0. The van der Waals surface area contributed by atoms with E-state index in [1.165, 1.54) is 24.8 Å². The third kappa shape index (κ3) is 2.79. The lowest BCUT2D eigenvalue weighted by Crippen LogP contribution is -2.30. The zero-order chi connectivity index (χ0) is 14.9. The molecule has 0 aromatic rings. The van der Waals surface area contributed by atoms with Crippen molar-refractivity contribution in [2.24, 2.45) is 17.8 Å². The summed E-state index contributed by atoms with van der Waals surface area (Å²) in [5.41, 5.74) is 2.67. The van der Waals surface area contributed by atoms with Crippen LogP contribution in [0.4, 0.5) is 0 Å². The third-order valence-electron chi connectivity index (χ3n) is 4.58. The van der Waals surface area contributed by atoms with E-state index >= 15 is 0 Å². The number of rotatable bonds is 3. The van der Waals surface area contributed by atoms with Crippen LogP contribution in [0.5, 0.6) is 0 Å². The SMILES string of the molecule is CC(C)C1=CC(C2CCCCC2)=C(C(C)C)C(=O)C1=O. The van der Waals surface area contributed by atoms with Gasteiger partial charge in [0.25, 0.3) is 0 Å². The normalized spacial score (nSPS) is 22.0. The molecule has 0 radical (unpaired) electrons. The Kier molecular flexibility index (Phi) is 4.62. The van der Waals surface area contributed by atoms with Crippen LogP contribution in [0, 0.1) is 17.8 Å². The molecular weight excluding hydrogens is 248 g/mol. The van der Waals surface area contributed by atoms with Crippen LogP contribution in [0.25, 0.3) is 0 Å². The summed E-state index contributed by atoms with van der Waals surface area (Å²) >= 11 is 0. The quantitative estimate of drug-likeness (QED) is 0.569. The van der Waals surface area contributed by atoms with Crippen molar-refractivity contribution in [2.75, 3.05) is 0 Å². The molecule has 0 heterocycles. The molecule has 2 nitrogen and oxygen atoms in total. The van der Waals surface area contributed by atoms with Crippen LogP contribution in [0.3, 0.4) is 0 Å². The Balaban J connectivity index is 2.49. The molecule has 0 N–H and O–H groups in total. The smallest absolute Gasteiger partial charge is 0.229 e. The van der Waals surface area contributed by atoms with Crippen molar-refractivity contribution < 1.29 is 9.59 Å². The molecule has 2 heteroatoms. The maximum absolute atomic E-state index is 12.5. The topological polar surface area (TPSA) is 34.1 Å². The van der Waals surface area contributed by atoms with E-state index in [4.69, 9.17) is 0 Å². The van der Waals surface area contributed by atoms with Crippen molar-refractivity contribution in [3.63, 3.8) is 0 Å². The van der Waals surface area contributed by atoms with Gasteiger partial charge in [0, 0.05) is 11.1 Å². The van der Waals surface area contributed by atoms with E-state index in [-0.39, 0.29) is 23.4 Å². The number of hydrogen-bond donors (Lipinski definition) is 0. The van der Waals surface area contributed by atoms with E-state index in [1.807, 2.05) is 27.7 Å². The molecule has 1 fully saturated rings. The highest BCUT2D eigenvalue weighted by Gasteiger charge is 2.34. The number of hydrogen-bond acceptors (Lipinski definition) is 2. The van der Waals surface area contributed by atoms with Gasteiger partial charge in [-0.3, -0.25) is 9.59 Å². The predicted octanol–water partition coefficient (Wildman–Crippen LogP) is 4.25. The molecule has 0 aromatic heterocycles. The fraction of sp³-hybridized carbons (Fsp3) is 0.667. The van der Waals surface area contributed by atoms with E-state index < -0.39 is 0 Å². The van der Waals surface area contributed by atoms with Gasteiger partial charge >= 0.3 is 0 Å². The zero-order valence-electron chi connectivity index (χ0n) is 13.2. The van der Waals surface area contributed by atoms with Gasteiger partial charge in [-0.05, 0) is 36.2 Å². The number of allylic oxidation sites excluding steroid dienone is 4. The molecule has 0 bridgehead atoms. The minimum Gasteiger partial charge on any atom is -0.285 e. The Morgan fingerprint density at radius 2 is 1.50 bits per heavy atom. The van der Waals surface area contributed by atoms with E-state index in [1.54, 1.807) is 0 Å². The van der Waals surface area contributed by atoms with Crippen molar-refractivity contribution in [2.45, 2.75) is 59.8 Å². The number of ketones is 2. The maximum atomic E-state index is 12.5. The van der Waals surface area contributed by atoms with Crippen molar-refractivity contribution >= 4 is 11.6 Å². The molecule has 2 aliphatic rings. The lowest BCUT2D eigenvalue weighted by molar-refractivity contribution is -0.132. The van der Waals surface area contributed by atoms with E-state index in [9.17, 15) is 9.59 Å². The molecule has 0 amide bonds. The Morgan fingerprint density at radius 3 is 2.00 bits per heavy atom. The van der Waals surface area contributed by atoms with Crippen LogP contribution in [0.2, 0.25) is 0 Å². The highest BCUT2D eigenvalue weighted by molar-refractivity contribution is 6.50. The summed E-state index contributed by atoms with van der Waals surface area (Å²) in [6.07, 6.45) is 8.16. The second-order valence-corrected chi connectivity index (χ2v) is 6.77. The first-order chi connectivity index (χ1) is 9.43. The molecular formula is C18H26O2. The van der Waals surface area contributed by atoms with Gasteiger partial charge in [0.05, 0.1) is 0 Å². The average Bonchev–Trinajstić information content (AvgIpc) is 2.41. The van der Waals surface area contributed by atoms with Gasteiger partial charge in [-0.1, -0.05) is 53.0 Å². The molecule has 110 valence electrons. The van der Waals surface area contributed by atoms with Crippen molar-refractivity contribution in [1.82, 2.24) is 0 Å². The van der Waals surface area contributed by atoms with E-state index in [0.717, 1.165) is 18.4 Å². The van der Waals surface area contributed by atoms with Gasteiger partial charge in [0.15, 0.2) is 0 Å². The van der Waals surface area contributed by atoms with E-state index in [0.29, 0.717) is 11.5 Å². The first kappa shape index (κ1) is 15.2. The Morgan fingerprint density at radius 1 is 0.900 bits per heavy atom. The summed E-state index contributed by atoms with van der Waals surface area (Å²) in [5.74, 6) is 0.217. The zero-order valence-corrected chi connectivity index (χ0v) is 13.2. The number of carbonyl (C=O) groups excluding carboxylic acids is 2. The molecule has 2 rings (SSSR count). The largest absolute Gasteiger partial charge is 0.285 e. The first-order valence-electron chi connectivity index (χ1n) is 7.98. The van der Waals surface area contributed by atoms with Crippen LogP contribution in [-0.2, 0) is 9.59 Å². The van der Waals surface area contributed by atoms with E-state index in [2.05, 4.69) is 6.08 Å². The minimum atomic E-state index is -0.275. The van der Waals surface area contributed by atoms with Gasteiger partial charge in [-0.25, -0.2) is 0 Å². The van der Waals surface area contributed by atoms with Crippen molar-refractivity contribution in [3.8, 4) is 0 Å². The standard InChI is InChI=1S/C18H26O2/c1-11(2)14-10-15(13-8-6-5-7-9-13)16(12(3)4)18(20)17(14)19/h10-13H,5-9H2,1-4H3. The summed E-state index contributed by atoms with van der Waals surface area (Å²) in [6.45, 7) is 8.04. The molecule has 0 saturated heterocycles. The monoisotopic (exact) mass is 274 g/mol. The molecule has 1 saturated carbocycles. The van der Waals surface area contributed by atoms with Crippen LogP contribution in [-0.4, -0.2) is 11.6 Å². The highest BCUT2D eigenvalue weighted by Crippen LogP contribution is 2.38. The molecule has 0 atom stereocenters. The van der Waals surface area contributed by atoms with Gasteiger partial charge in [0.1, 0.15) is 0 Å². The Hall–Kier alpha value is -1.18. The molecule has 0 spiro atoms.